The quantitative estimate of drug-likeness (QED) is 0.390. The first-order valence-corrected chi connectivity index (χ1v) is 11.7. The summed E-state index contributed by atoms with van der Waals surface area (Å²) in [6.45, 7) is 6.19. The Morgan fingerprint density at radius 1 is 0.914 bits per heavy atom. The van der Waals surface area contributed by atoms with Crippen LogP contribution >= 0.6 is 11.6 Å². The molecule has 188 valence electrons. The van der Waals surface area contributed by atoms with Crippen LogP contribution < -0.4 is 4.74 Å². The molecule has 0 N–H and O–H groups in total. The van der Waals surface area contributed by atoms with E-state index in [1.54, 1.807) is 12.1 Å². The molecule has 0 amide bonds. The number of esters is 3. The summed E-state index contributed by atoms with van der Waals surface area (Å²) in [6.07, 6.45) is -3.22. The van der Waals surface area contributed by atoms with Crippen molar-refractivity contribution in [3.8, 4) is 5.75 Å². The lowest BCUT2D eigenvalue weighted by Gasteiger charge is -2.40. The number of hydrogen-bond donors (Lipinski definition) is 0. The lowest BCUT2D eigenvalue weighted by Crippen LogP contribution is -2.54. The van der Waals surface area contributed by atoms with Gasteiger partial charge < -0.3 is 23.7 Å². The predicted molar refractivity (Wildman–Crippen MR) is 127 cm³/mol. The summed E-state index contributed by atoms with van der Waals surface area (Å²) in [5, 5.41) is 0.566. The summed E-state index contributed by atoms with van der Waals surface area (Å²) in [5.74, 6) is -0.972. The van der Waals surface area contributed by atoms with Crippen LogP contribution in [0.3, 0.4) is 0 Å². The van der Waals surface area contributed by atoms with Crippen molar-refractivity contribution in [2.75, 3.05) is 13.2 Å². The lowest BCUT2D eigenvalue weighted by atomic mass is 9.92. The van der Waals surface area contributed by atoms with Gasteiger partial charge in [0.25, 0.3) is 0 Å². The zero-order valence-corrected chi connectivity index (χ0v) is 20.9. The minimum Gasteiger partial charge on any atom is -0.494 e. The first-order chi connectivity index (χ1) is 16.7. The first kappa shape index (κ1) is 26.5. The average molecular weight is 505 g/mol. The van der Waals surface area contributed by atoms with E-state index < -0.39 is 42.3 Å². The number of halogens is 1. The Morgan fingerprint density at radius 2 is 1.54 bits per heavy atom. The highest BCUT2D eigenvalue weighted by Crippen LogP contribution is 2.36. The van der Waals surface area contributed by atoms with Gasteiger partial charge >= 0.3 is 17.9 Å². The number of hydrogen-bond acceptors (Lipinski definition) is 8. The topological polar surface area (TPSA) is 97.4 Å². The van der Waals surface area contributed by atoms with Gasteiger partial charge in [0, 0.05) is 25.8 Å². The van der Waals surface area contributed by atoms with Gasteiger partial charge in [0.15, 0.2) is 18.3 Å². The third kappa shape index (κ3) is 7.19. The fourth-order valence-electron chi connectivity index (χ4n) is 4.02. The van der Waals surface area contributed by atoms with Gasteiger partial charge in [-0.25, -0.2) is 0 Å². The second kappa shape index (κ2) is 12.0. The molecule has 8 nitrogen and oxygen atoms in total. The van der Waals surface area contributed by atoms with Crippen LogP contribution in [0, 0.1) is 0 Å². The van der Waals surface area contributed by atoms with Crippen molar-refractivity contribution in [1.29, 1.82) is 0 Å². The van der Waals surface area contributed by atoms with Crippen molar-refractivity contribution in [2.45, 2.75) is 58.5 Å². The van der Waals surface area contributed by atoms with E-state index in [2.05, 4.69) is 0 Å². The second-order valence-corrected chi connectivity index (χ2v) is 8.56. The molecule has 35 heavy (non-hydrogen) atoms. The van der Waals surface area contributed by atoms with Crippen LogP contribution in [0.15, 0.2) is 42.5 Å². The van der Waals surface area contributed by atoms with Crippen LogP contribution in [0.25, 0.3) is 0 Å². The molecule has 9 heteroatoms. The summed E-state index contributed by atoms with van der Waals surface area (Å²) in [7, 11) is 0. The summed E-state index contributed by atoms with van der Waals surface area (Å²) in [5.41, 5.74) is 2.55. The van der Waals surface area contributed by atoms with Crippen LogP contribution in [0.5, 0.6) is 5.75 Å². The molecule has 1 aliphatic heterocycles. The number of rotatable bonds is 8. The largest absolute Gasteiger partial charge is 0.494 e. The van der Waals surface area contributed by atoms with E-state index in [1.165, 1.54) is 20.8 Å². The molecule has 4 atom stereocenters. The molecule has 1 heterocycles. The third-order valence-corrected chi connectivity index (χ3v) is 5.75. The molecule has 0 saturated carbocycles. The van der Waals surface area contributed by atoms with Gasteiger partial charge in [0.2, 0.25) is 0 Å². The van der Waals surface area contributed by atoms with Gasteiger partial charge in [0.05, 0.1) is 13.2 Å². The first-order valence-electron chi connectivity index (χ1n) is 11.3. The Balaban J connectivity index is 1.91. The molecule has 0 spiro atoms. The molecule has 0 aromatic heterocycles. The maximum atomic E-state index is 11.9. The molecule has 0 radical (unpaired) electrons. The molecule has 2 aromatic carbocycles. The Morgan fingerprint density at radius 3 is 2.14 bits per heavy atom. The normalized spacial score (nSPS) is 21.6. The molecule has 1 aliphatic rings. The maximum absolute atomic E-state index is 11.9. The highest BCUT2D eigenvalue weighted by Gasteiger charge is 2.47. The molecular formula is C26H29ClO8. The highest BCUT2D eigenvalue weighted by atomic mass is 35.5. The van der Waals surface area contributed by atoms with Crippen LogP contribution in [0.2, 0.25) is 5.02 Å². The smallest absolute Gasteiger partial charge is 0.303 e. The Hall–Kier alpha value is -3.10. The summed E-state index contributed by atoms with van der Waals surface area (Å²) < 4.78 is 27.7. The summed E-state index contributed by atoms with van der Waals surface area (Å²) in [6, 6.07) is 13.1. The Labute approximate surface area is 209 Å². The summed E-state index contributed by atoms with van der Waals surface area (Å²) in [4.78, 5) is 35.3. The number of benzene rings is 2. The van der Waals surface area contributed by atoms with Gasteiger partial charge in [-0.2, -0.15) is 0 Å². The molecule has 1 saturated heterocycles. The Bertz CT molecular complexity index is 1050. The highest BCUT2D eigenvalue weighted by molar-refractivity contribution is 6.31. The van der Waals surface area contributed by atoms with Crippen molar-refractivity contribution < 1.29 is 38.1 Å². The van der Waals surface area contributed by atoms with Crippen LogP contribution in [-0.2, 0) is 39.8 Å². The SMILES string of the molecule is CCOc1ccc(Cc2cc(C3OCC(OC(C)=O)C(OC(C)=O)C3OC(C)=O)ccc2Cl)cc1. The summed E-state index contributed by atoms with van der Waals surface area (Å²) >= 11 is 6.49. The minimum absolute atomic E-state index is 0.0448. The van der Waals surface area contributed by atoms with Crippen molar-refractivity contribution in [2.24, 2.45) is 0 Å². The van der Waals surface area contributed by atoms with E-state index in [4.69, 9.17) is 35.3 Å². The van der Waals surface area contributed by atoms with E-state index in [0.29, 0.717) is 23.6 Å². The number of carbonyl (C=O) groups is 3. The van der Waals surface area contributed by atoms with E-state index in [1.807, 2.05) is 37.3 Å². The van der Waals surface area contributed by atoms with E-state index in [-0.39, 0.29) is 6.61 Å². The van der Waals surface area contributed by atoms with E-state index >= 15 is 0 Å². The standard InChI is InChI=1S/C26H29ClO8/c1-5-31-21-9-6-18(7-10-21)12-20-13-19(8-11-22(20)27)24-26(35-17(4)30)25(34-16(3)29)23(14-32-24)33-15(2)28/h6-11,13,23-26H,5,12,14H2,1-4H3. The molecule has 4 unspecified atom stereocenters. The zero-order chi connectivity index (χ0) is 25.5. The number of carbonyl (C=O) groups excluding carboxylic acids is 3. The zero-order valence-electron chi connectivity index (χ0n) is 20.1. The molecule has 1 fully saturated rings. The van der Waals surface area contributed by atoms with Crippen LogP contribution in [0.1, 0.15) is 50.5 Å². The molecular weight excluding hydrogens is 476 g/mol. The fraction of sp³-hybridized carbons (Fsp3) is 0.423. The van der Waals surface area contributed by atoms with Gasteiger partial charge in [-0.15, -0.1) is 0 Å². The maximum Gasteiger partial charge on any atom is 0.303 e. The monoisotopic (exact) mass is 504 g/mol. The fourth-order valence-corrected chi connectivity index (χ4v) is 4.21. The minimum atomic E-state index is -1.04. The molecule has 0 aliphatic carbocycles. The average Bonchev–Trinajstić information content (AvgIpc) is 2.78. The Kier molecular flexibility index (Phi) is 9.12. The van der Waals surface area contributed by atoms with Crippen LogP contribution in [0.4, 0.5) is 0 Å². The van der Waals surface area contributed by atoms with Crippen molar-refractivity contribution >= 4 is 29.5 Å². The lowest BCUT2D eigenvalue weighted by molar-refractivity contribution is -0.227. The molecule has 3 rings (SSSR count). The van der Waals surface area contributed by atoms with Gasteiger partial charge in [-0.1, -0.05) is 35.9 Å². The molecule has 0 bridgehead atoms. The predicted octanol–water partition coefficient (Wildman–Crippen LogP) is 4.20. The van der Waals surface area contributed by atoms with Crippen molar-refractivity contribution in [1.82, 2.24) is 0 Å². The van der Waals surface area contributed by atoms with Gasteiger partial charge in [0.1, 0.15) is 11.9 Å². The van der Waals surface area contributed by atoms with E-state index in [9.17, 15) is 14.4 Å². The van der Waals surface area contributed by atoms with Crippen molar-refractivity contribution in [3.63, 3.8) is 0 Å². The van der Waals surface area contributed by atoms with Crippen LogP contribution in [-0.4, -0.2) is 49.4 Å². The van der Waals surface area contributed by atoms with E-state index in [0.717, 1.165) is 16.9 Å². The molecule has 2 aromatic rings. The number of ether oxygens (including phenoxy) is 5. The third-order valence-electron chi connectivity index (χ3n) is 5.38. The van der Waals surface area contributed by atoms with Gasteiger partial charge in [-0.05, 0) is 48.2 Å². The van der Waals surface area contributed by atoms with Gasteiger partial charge in [-0.3, -0.25) is 14.4 Å². The van der Waals surface area contributed by atoms with Crippen molar-refractivity contribution in [3.05, 3.63) is 64.2 Å². The second-order valence-electron chi connectivity index (χ2n) is 8.15.